The number of aromatic nitrogens is 1. The topological polar surface area (TPSA) is 93.1 Å². The number of carbonyl (C=O) groups excluding carboxylic acids is 1. The van der Waals surface area contributed by atoms with Crippen molar-refractivity contribution < 1.29 is 45.3 Å². The Hall–Kier alpha value is -3.25. The van der Waals surface area contributed by atoms with Crippen LogP contribution >= 0.6 is 0 Å². The van der Waals surface area contributed by atoms with E-state index in [9.17, 15) is 26.4 Å². The van der Waals surface area contributed by atoms with Gasteiger partial charge >= 0.3 is 12.1 Å². The van der Waals surface area contributed by atoms with Crippen molar-refractivity contribution in [1.82, 2.24) is 3.97 Å². The molecule has 0 saturated carbocycles. The minimum absolute atomic E-state index is 0.0161. The summed E-state index contributed by atoms with van der Waals surface area (Å²) in [7, 11) is -3.15. The van der Waals surface area contributed by atoms with E-state index in [1.54, 1.807) is 0 Å². The van der Waals surface area contributed by atoms with Crippen LogP contribution in [-0.4, -0.2) is 44.3 Å². The highest BCUT2D eigenvalue weighted by atomic mass is 32.2. The molecule has 4 rings (SSSR count). The number of esters is 1. The Kier molecular flexibility index (Phi) is 6.22. The second-order valence-corrected chi connectivity index (χ2v) is 10.1. The maximum Gasteiger partial charge on any atom is 0.416 e. The second-order valence-electron chi connectivity index (χ2n) is 8.27. The summed E-state index contributed by atoms with van der Waals surface area (Å²) in [5.74, 6) is -0.0854. The Balaban J connectivity index is 1.85. The lowest BCUT2D eigenvalue weighted by Crippen LogP contribution is -2.36. The molecular weight excluding hydrogens is 491 g/mol. The Labute approximate surface area is 199 Å². The number of methoxy groups -OCH3 is 1. The fraction of sp³-hybridized carbons (Fsp3) is 0.348. The third kappa shape index (κ3) is 4.67. The summed E-state index contributed by atoms with van der Waals surface area (Å²) in [5.41, 5.74) is -2.33. The highest BCUT2D eigenvalue weighted by molar-refractivity contribution is 7.90. The van der Waals surface area contributed by atoms with E-state index in [4.69, 9.17) is 18.9 Å². The Morgan fingerprint density at radius 3 is 2.37 bits per heavy atom. The molecule has 1 aliphatic heterocycles. The Morgan fingerprint density at radius 1 is 1.03 bits per heavy atom. The molecule has 2 heterocycles. The van der Waals surface area contributed by atoms with Crippen LogP contribution in [0.1, 0.15) is 25.1 Å². The van der Waals surface area contributed by atoms with Crippen molar-refractivity contribution in [3.05, 3.63) is 53.7 Å². The minimum Gasteiger partial charge on any atom is -0.486 e. The van der Waals surface area contributed by atoms with Gasteiger partial charge in [0.25, 0.3) is 10.0 Å². The summed E-state index contributed by atoms with van der Waals surface area (Å²) in [6, 6.07) is 8.10. The molecule has 0 N–H and O–H groups in total. The van der Waals surface area contributed by atoms with Gasteiger partial charge in [-0.15, -0.1) is 0 Å². The van der Waals surface area contributed by atoms with Crippen LogP contribution in [0, 0.1) is 0 Å². The standard InChI is InChI=1S/C23H22F3NO7S/c1-22(2,21(28)31-3)34-13-16-11-14-10-15(23(24,25)26)4-6-18(14)27(16)35(29,30)17-5-7-19-20(12-17)33-9-8-32-19/h4-7,10-12H,8-9,13H2,1-3H3. The van der Waals surface area contributed by atoms with Gasteiger partial charge in [-0.25, -0.2) is 17.2 Å². The van der Waals surface area contributed by atoms with Crippen LogP contribution in [0.5, 0.6) is 11.5 Å². The van der Waals surface area contributed by atoms with Crippen molar-refractivity contribution in [2.45, 2.75) is 37.1 Å². The number of rotatable bonds is 6. The number of fused-ring (bicyclic) bond motifs is 2. The zero-order chi connectivity index (χ0) is 25.6. The average Bonchev–Trinajstić information content (AvgIpc) is 3.20. The number of halogens is 3. The average molecular weight is 513 g/mol. The smallest absolute Gasteiger partial charge is 0.416 e. The van der Waals surface area contributed by atoms with E-state index in [1.807, 2.05) is 0 Å². The molecule has 12 heteroatoms. The molecule has 3 aromatic rings. The van der Waals surface area contributed by atoms with Gasteiger partial charge in [-0.3, -0.25) is 0 Å². The molecule has 0 unspecified atom stereocenters. The maximum absolute atomic E-state index is 13.7. The van der Waals surface area contributed by atoms with Gasteiger partial charge in [0.2, 0.25) is 0 Å². The molecule has 0 radical (unpaired) electrons. The molecule has 0 fully saturated rings. The lowest BCUT2D eigenvalue weighted by molar-refractivity contribution is -0.166. The zero-order valence-corrected chi connectivity index (χ0v) is 19.8. The summed E-state index contributed by atoms with van der Waals surface area (Å²) in [4.78, 5) is 11.8. The highest BCUT2D eigenvalue weighted by Gasteiger charge is 2.34. The summed E-state index contributed by atoms with van der Waals surface area (Å²) >= 11 is 0. The number of nitrogens with zero attached hydrogens (tertiary/aromatic N) is 1. The number of alkyl halides is 3. The molecule has 0 saturated heterocycles. The van der Waals surface area contributed by atoms with Gasteiger partial charge in [0.05, 0.1) is 35.4 Å². The van der Waals surface area contributed by atoms with Crippen LogP contribution in [0.4, 0.5) is 13.2 Å². The van der Waals surface area contributed by atoms with Gasteiger partial charge in [0.1, 0.15) is 13.2 Å². The molecule has 0 amide bonds. The first kappa shape index (κ1) is 24.9. The first-order valence-electron chi connectivity index (χ1n) is 10.4. The van der Waals surface area contributed by atoms with E-state index in [-0.39, 0.29) is 33.8 Å². The molecule has 0 aliphatic carbocycles. The van der Waals surface area contributed by atoms with Gasteiger partial charge in [-0.1, -0.05) is 0 Å². The SMILES string of the molecule is COC(=O)C(C)(C)OCc1cc2cc(C(F)(F)F)ccc2n1S(=O)(=O)c1ccc2c(c1)OCCO2. The Morgan fingerprint density at radius 2 is 1.71 bits per heavy atom. The van der Waals surface area contributed by atoms with Gasteiger partial charge in [-0.05, 0) is 50.2 Å². The van der Waals surface area contributed by atoms with Crippen LogP contribution < -0.4 is 9.47 Å². The number of carbonyl (C=O) groups is 1. The van der Waals surface area contributed by atoms with Crippen LogP contribution in [0.25, 0.3) is 10.9 Å². The number of hydrogen-bond acceptors (Lipinski definition) is 7. The van der Waals surface area contributed by atoms with Crippen molar-refractivity contribution in [2.24, 2.45) is 0 Å². The molecule has 1 aromatic heterocycles. The zero-order valence-electron chi connectivity index (χ0n) is 19.0. The first-order chi connectivity index (χ1) is 16.3. The van der Waals surface area contributed by atoms with E-state index in [0.717, 1.165) is 22.2 Å². The first-order valence-corrected chi connectivity index (χ1v) is 11.9. The van der Waals surface area contributed by atoms with Crippen molar-refractivity contribution >= 4 is 26.9 Å². The van der Waals surface area contributed by atoms with Crippen molar-refractivity contribution in [1.29, 1.82) is 0 Å². The predicted octanol–water partition coefficient (Wildman–Crippen LogP) is 4.14. The lowest BCUT2D eigenvalue weighted by atomic mass is 10.1. The van der Waals surface area contributed by atoms with Crippen molar-refractivity contribution in [2.75, 3.05) is 20.3 Å². The van der Waals surface area contributed by atoms with E-state index in [2.05, 4.69) is 0 Å². The van der Waals surface area contributed by atoms with Crippen LogP contribution in [0.2, 0.25) is 0 Å². The third-order valence-electron chi connectivity index (χ3n) is 5.47. The Bertz CT molecular complexity index is 1390. The highest BCUT2D eigenvalue weighted by Crippen LogP contribution is 2.36. The largest absolute Gasteiger partial charge is 0.486 e. The summed E-state index contributed by atoms with van der Waals surface area (Å²) in [6.07, 6.45) is -4.62. The van der Waals surface area contributed by atoms with E-state index in [1.165, 1.54) is 45.2 Å². The number of ether oxygens (including phenoxy) is 4. The molecule has 0 bridgehead atoms. The summed E-state index contributed by atoms with van der Waals surface area (Å²) in [5, 5.41) is 0.0374. The number of benzene rings is 2. The fourth-order valence-electron chi connectivity index (χ4n) is 3.66. The molecule has 1 aliphatic rings. The van der Waals surface area contributed by atoms with Gasteiger partial charge in [-0.2, -0.15) is 13.2 Å². The molecule has 188 valence electrons. The van der Waals surface area contributed by atoms with Gasteiger partial charge in [0, 0.05) is 11.5 Å². The summed E-state index contributed by atoms with van der Waals surface area (Å²) < 4.78 is 89.4. The molecular formula is C23H22F3NO7S. The third-order valence-corrected chi connectivity index (χ3v) is 7.23. The van der Waals surface area contributed by atoms with Crippen LogP contribution in [-0.2, 0) is 37.1 Å². The molecule has 2 aromatic carbocycles. The lowest BCUT2D eigenvalue weighted by Gasteiger charge is -2.23. The molecule has 8 nitrogen and oxygen atoms in total. The van der Waals surface area contributed by atoms with Gasteiger partial charge in [0.15, 0.2) is 17.1 Å². The quantitative estimate of drug-likeness (QED) is 0.458. The molecule has 35 heavy (non-hydrogen) atoms. The molecule has 0 atom stereocenters. The normalized spacial score (nSPS) is 14.2. The van der Waals surface area contributed by atoms with Gasteiger partial charge < -0.3 is 18.9 Å². The van der Waals surface area contributed by atoms with Crippen LogP contribution in [0.3, 0.4) is 0 Å². The van der Waals surface area contributed by atoms with E-state index >= 15 is 0 Å². The summed E-state index contributed by atoms with van der Waals surface area (Å²) in [6.45, 7) is 3.03. The van der Waals surface area contributed by atoms with E-state index in [0.29, 0.717) is 12.4 Å². The van der Waals surface area contributed by atoms with Crippen LogP contribution in [0.15, 0.2) is 47.4 Å². The van der Waals surface area contributed by atoms with Crippen molar-refractivity contribution in [3.63, 3.8) is 0 Å². The van der Waals surface area contributed by atoms with E-state index < -0.39 is 39.9 Å². The minimum atomic E-state index is -4.62. The fourth-order valence-corrected chi connectivity index (χ4v) is 5.20. The second kappa shape index (κ2) is 8.76. The van der Waals surface area contributed by atoms with Crippen molar-refractivity contribution in [3.8, 4) is 11.5 Å². The predicted molar refractivity (Wildman–Crippen MR) is 118 cm³/mol. The number of hydrogen-bond donors (Lipinski definition) is 0. The maximum atomic E-state index is 13.7. The molecule has 0 spiro atoms. The monoisotopic (exact) mass is 513 g/mol.